The van der Waals surface area contributed by atoms with E-state index in [-0.39, 0.29) is 6.61 Å². The molecular formula is C20H20N2O5S. The Hall–Kier alpha value is -3.31. The summed E-state index contributed by atoms with van der Waals surface area (Å²) in [7, 11) is 1.51. The third kappa shape index (κ3) is 5.59. The molecule has 0 saturated carbocycles. The normalized spacial score (nSPS) is 11.5. The summed E-state index contributed by atoms with van der Waals surface area (Å²) < 4.78 is 15.8. The molecule has 1 aromatic heterocycles. The van der Waals surface area contributed by atoms with Crippen molar-refractivity contribution in [3.8, 4) is 17.6 Å². The molecule has 0 fully saturated rings. The Morgan fingerprint density at radius 1 is 1.32 bits per heavy atom. The van der Waals surface area contributed by atoms with Crippen molar-refractivity contribution in [3.63, 3.8) is 0 Å². The number of amides is 1. The van der Waals surface area contributed by atoms with Crippen molar-refractivity contribution in [2.24, 2.45) is 0 Å². The molecule has 1 N–H and O–H groups in total. The van der Waals surface area contributed by atoms with E-state index in [1.54, 1.807) is 23.6 Å². The monoisotopic (exact) mass is 400 g/mol. The molecule has 146 valence electrons. The minimum absolute atomic E-state index is 0.355. The van der Waals surface area contributed by atoms with Crippen molar-refractivity contribution >= 4 is 34.3 Å². The van der Waals surface area contributed by atoms with Crippen LogP contribution in [-0.2, 0) is 14.3 Å². The topological polar surface area (TPSA) is 97.6 Å². The summed E-state index contributed by atoms with van der Waals surface area (Å²) in [6, 6.07) is 8.87. The average molecular weight is 400 g/mol. The SMILES string of the molecule is C/C=C/c1ccc(OCC(=O)O[C@H](C)C(=O)Nc2sccc2C#N)c(OC)c1. The van der Waals surface area contributed by atoms with Gasteiger partial charge in [0.15, 0.2) is 24.2 Å². The Bertz CT molecular complexity index is 914. The fourth-order valence-electron chi connectivity index (χ4n) is 2.23. The molecule has 1 atom stereocenters. The molecule has 1 heterocycles. The molecule has 2 rings (SSSR count). The van der Waals surface area contributed by atoms with Gasteiger partial charge in [0, 0.05) is 0 Å². The van der Waals surface area contributed by atoms with Crippen molar-refractivity contribution in [3.05, 3.63) is 46.8 Å². The lowest BCUT2D eigenvalue weighted by atomic mass is 10.2. The fraction of sp³-hybridized carbons (Fsp3) is 0.250. The van der Waals surface area contributed by atoms with Gasteiger partial charge in [-0.1, -0.05) is 18.2 Å². The van der Waals surface area contributed by atoms with E-state index in [9.17, 15) is 9.59 Å². The number of carbonyl (C=O) groups is 2. The molecule has 2 aromatic rings. The van der Waals surface area contributed by atoms with Gasteiger partial charge in [0.2, 0.25) is 0 Å². The van der Waals surface area contributed by atoms with E-state index >= 15 is 0 Å². The summed E-state index contributed by atoms with van der Waals surface area (Å²) in [6.45, 7) is 2.97. The second kappa shape index (κ2) is 10.1. The molecule has 0 aliphatic rings. The van der Waals surface area contributed by atoms with Crippen LogP contribution in [0.3, 0.4) is 0 Å². The van der Waals surface area contributed by atoms with Gasteiger partial charge in [-0.25, -0.2) is 4.79 Å². The number of hydrogen-bond donors (Lipinski definition) is 1. The number of hydrogen-bond acceptors (Lipinski definition) is 7. The van der Waals surface area contributed by atoms with Gasteiger partial charge >= 0.3 is 5.97 Å². The summed E-state index contributed by atoms with van der Waals surface area (Å²) >= 11 is 1.22. The first kappa shape index (κ1) is 21.0. The highest BCUT2D eigenvalue weighted by Gasteiger charge is 2.20. The number of anilines is 1. The van der Waals surface area contributed by atoms with E-state index in [0.29, 0.717) is 22.1 Å². The number of benzene rings is 1. The molecular weight excluding hydrogens is 380 g/mol. The van der Waals surface area contributed by atoms with Crippen LogP contribution in [0.2, 0.25) is 0 Å². The van der Waals surface area contributed by atoms with Crippen molar-refractivity contribution in [2.45, 2.75) is 20.0 Å². The number of rotatable bonds is 8. The van der Waals surface area contributed by atoms with Crippen molar-refractivity contribution in [2.75, 3.05) is 19.0 Å². The molecule has 0 spiro atoms. The van der Waals surface area contributed by atoms with Gasteiger partial charge in [-0.15, -0.1) is 11.3 Å². The number of nitrogens with one attached hydrogen (secondary N) is 1. The van der Waals surface area contributed by atoms with Crippen LogP contribution < -0.4 is 14.8 Å². The van der Waals surface area contributed by atoms with Crippen LogP contribution in [0, 0.1) is 11.3 Å². The van der Waals surface area contributed by atoms with Gasteiger partial charge in [0.1, 0.15) is 11.1 Å². The number of nitriles is 1. The molecule has 0 unspecified atom stereocenters. The van der Waals surface area contributed by atoms with Gasteiger partial charge in [-0.05, 0) is 43.0 Å². The quantitative estimate of drug-likeness (QED) is 0.680. The van der Waals surface area contributed by atoms with Gasteiger partial charge in [-0.2, -0.15) is 5.26 Å². The zero-order chi connectivity index (χ0) is 20.5. The Balaban J connectivity index is 1.89. The first-order valence-electron chi connectivity index (χ1n) is 8.40. The third-order valence-corrected chi connectivity index (χ3v) is 4.42. The van der Waals surface area contributed by atoms with E-state index in [2.05, 4.69) is 5.32 Å². The number of thiophene rings is 1. The highest BCUT2D eigenvalue weighted by atomic mass is 32.1. The number of nitrogens with zero attached hydrogens (tertiary/aromatic N) is 1. The molecule has 8 heteroatoms. The van der Waals surface area contributed by atoms with Crippen LogP contribution in [0.4, 0.5) is 5.00 Å². The predicted molar refractivity (Wildman–Crippen MR) is 106 cm³/mol. The minimum Gasteiger partial charge on any atom is -0.493 e. The molecule has 7 nitrogen and oxygen atoms in total. The second-order valence-corrected chi connectivity index (χ2v) is 6.51. The van der Waals surface area contributed by atoms with Gasteiger partial charge < -0.3 is 19.5 Å². The van der Waals surface area contributed by atoms with E-state index in [0.717, 1.165) is 5.56 Å². The van der Waals surface area contributed by atoms with E-state index in [1.807, 2.05) is 31.2 Å². The molecule has 0 saturated heterocycles. The first-order chi connectivity index (χ1) is 13.5. The van der Waals surface area contributed by atoms with Crippen molar-refractivity contribution in [1.29, 1.82) is 5.26 Å². The number of allylic oxidation sites excluding steroid dienone is 1. The van der Waals surface area contributed by atoms with Gasteiger partial charge in [0.05, 0.1) is 12.7 Å². The Morgan fingerprint density at radius 2 is 2.11 bits per heavy atom. The lowest BCUT2D eigenvalue weighted by molar-refractivity contribution is -0.155. The zero-order valence-electron chi connectivity index (χ0n) is 15.7. The number of carbonyl (C=O) groups excluding carboxylic acids is 2. The van der Waals surface area contributed by atoms with Crippen molar-refractivity contribution < 1.29 is 23.8 Å². The number of ether oxygens (including phenoxy) is 3. The van der Waals surface area contributed by atoms with Crippen LogP contribution >= 0.6 is 11.3 Å². The maximum Gasteiger partial charge on any atom is 0.344 e. The molecule has 0 radical (unpaired) electrons. The standard InChI is InChI=1S/C20H20N2O5S/c1-4-5-14-6-7-16(17(10-14)25-3)26-12-18(23)27-13(2)19(24)22-20-15(11-21)8-9-28-20/h4-10,13H,12H2,1-3H3,(H,22,24)/b5-4+/t13-/m1/s1. The van der Waals surface area contributed by atoms with E-state index in [4.69, 9.17) is 19.5 Å². The summed E-state index contributed by atoms with van der Waals surface area (Å²) in [5, 5.41) is 13.6. The maximum absolute atomic E-state index is 12.1. The Labute approximate surface area is 167 Å². The van der Waals surface area contributed by atoms with Crippen LogP contribution in [0.1, 0.15) is 25.0 Å². The highest BCUT2D eigenvalue weighted by molar-refractivity contribution is 7.14. The average Bonchev–Trinajstić information content (AvgIpc) is 3.14. The zero-order valence-corrected chi connectivity index (χ0v) is 16.5. The predicted octanol–water partition coefficient (Wildman–Crippen LogP) is 3.61. The van der Waals surface area contributed by atoms with E-state index in [1.165, 1.54) is 25.4 Å². The Kier molecular flexibility index (Phi) is 7.60. The Morgan fingerprint density at radius 3 is 2.79 bits per heavy atom. The molecule has 1 aromatic carbocycles. The van der Waals surface area contributed by atoms with Gasteiger partial charge in [-0.3, -0.25) is 4.79 Å². The first-order valence-corrected chi connectivity index (χ1v) is 9.28. The lowest BCUT2D eigenvalue weighted by Crippen LogP contribution is -2.31. The summed E-state index contributed by atoms with van der Waals surface area (Å²) in [5.41, 5.74) is 1.29. The second-order valence-electron chi connectivity index (χ2n) is 5.60. The van der Waals surface area contributed by atoms with Crippen molar-refractivity contribution in [1.82, 2.24) is 0 Å². The molecule has 0 aliphatic heterocycles. The molecule has 1 amide bonds. The smallest absolute Gasteiger partial charge is 0.344 e. The fourth-order valence-corrected chi connectivity index (χ4v) is 2.97. The summed E-state index contributed by atoms with van der Waals surface area (Å²) in [6.07, 6.45) is 2.77. The van der Waals surface area contributed by atoms with Crippen LogP contribution in [0.25, 0.3) is 6.08 Å². The largest absolute Gasteiger partial charge is 0.493 e. The number of esters is 1. The van der Waals surface area contributed by atoms with Crippen LogP contribution in [0.5, 0.6) is 11.5 Å². The minimum atomic E-state index is -1.04. The summed E-state index contributed by atoms with van der Waals surface area (Å²) in [4.78, 5) is 24.1. The summed E-state index contributed by atoms with van der Waals surface area (Å²) in [5.74, 6) is -0.354. The molecule has 28 heavy (non-hydrogen) atoms. The molecule has 0 bridgehead atoms. The highest BCUT2D eigenvalue weighted by Crippen LogP contribution is 2.28. The lowest BCUT2D eigenvalue weighted by Gasteiger charge is -2.14. The van der Waals surface area contributed by atoms with Gasteiger partial charge in [0.25, 0.3) is 5.91 Å². The van der Waals surface area contributed by atoms with Crippen LogP contribution in [0.15, 0.2) is 35.7 Å². The third-order valence-electron chi connectivity index (χ3n) is 3.59. The maximum atomic E-state index is 12.1. The van der Waals surface area contributed by atoms with Crippen LogP contribution in [-0.4, -0.2) is 31.7 Å². The van der Waals surface area contributed by atoms with E-state index < -0.39 is 18.0 Å². The molecule has 0 aliphatic carbocycles. The number of methoxy groups -OCH3 is 1.